The fourth-order valence-corrected chi connectivity index (χ4v) is 2.69. The van der Waals surface area contributed by atoms with Crippen LogP contribution in [0.4, 0.5) is 10.1 Å². The van der Waals surface area contributed by atoms with E-state index in [1.807, 2.05) is 18.0 Å². The van der Waals surface area contributed by atoms with E-state index in [-0.39, 0.29) is 24.5 Å². The van der Waals surface area contributed by atoms with Crippen LogP contribution in [0.2, 0.25) is 0 Å². The molecule has 0 amide bonds. The third-order valence-corrected chi connectivity index (χ3v) is 3.66. The Balaban J connectivity index is 2.34. The summed E-state index contributed by atoms with van der Waals surface area (Å²) in [6, 6.07) is 6.98. The molecule has 2 atom stereocenters. The number of likely N-dealkylation sites (N-methyl/N-ethyl adjacent to an activating group) is 1. The molecule has 0 spiro atoms. The summed E-state index contributed by atoms with van der Waals surface area (Å²) >= 11 is 0. The Labute approximate surface area is 108 Å². The average Bonchev–Trinajstić information content (AvgIpc) is 2.50. The SMILES string of the molecule is CC1CCN(C)CC(CO)N1c1ccccc1F. The van der Waals surface area contributed by atoms with Crippen LogP contribution in [-0.4, -0.2) is 48.8 Å². The lowest BCUT2D eigenvalue weighted by atomic mass is 10.1. The molecule has 0 radical (unpaired) electrons. The van der Waals surface area contributed by atoms with Crippen LogP contribution in [0.25, 0.3) is 0 Å². The van der Waals surface area contributed by atoms with Gasteiger partial charge in [-0.2, -0.15) is 0 Å². The third-order valence-electron chi connectivity index (χ3n) is 3.66. The van der Waals surface area contributed by atoms with Crippen molar-refractivity contribution in [2.24, 2.45) is 0 Å². The highest BCUT2D eigenvalue weighted by Crippen LogP contribution is 2.26. The van der Waals surface area contributed by atoms with Crippen molar-refractivity contribution in [3.05, 3.63) is 30.1 Å². The predicted molar refractivity (Wildman–Crippen MR) is 71.3 cm³/mol. The lowest BCUT2D eigenvalue weighted by Crippen LogP contribution is -2.46. The number of nitrogens with zero attached hydrogens (tertiary/aromatic N) is 2. The normalized spacial score (nSPS) is 26.1. The maximum Gasteiger partial charge on any atom is 0.146 e. The van der Waals surface area contributed by atoms with Gasteiger partial charge >= 0.3 is 0 Å². The van der Waals surface area contributed by atoms with Crippen molar-refractivity contribution in [2.45, 2.75) is 25.4 Å². The highest BCUT2D eigenvalue weighted by Gasteiger charge is 2.29. The van der Waals surface area contributed by atoms with Gasteiger partial charge in [0.1, 0.15) is 5.82 Å². The minimum absolute atomic E-state index is 0.0447. The van der Waals surface area contributed by atoms with Crippen LogP contribution in [0.5, 0.6) is 0 Å². The maximum absolute atomic E-state index is 14.0. The van der Waals surface area contributed by atoms with E-state index >= 15 is 0 Å². The molecule has 1 fully saturated rings. The number of para-hydroxylation sites is 1. The number of anilines is 1. The van der Waals surface area contributed by atoms with Crippen LogP contribution < -0.4 is 4.90 Å². The Bertz CT molecular complexity index is 399. The van der Waals surface area contributed by atoms with Gasteiger partial charge in [-0.3, -0.25) is 0 Å². The molecule has 4 heteroatoms. The number of benzene rings is 1. The summed E-state index contributed by atoms with van der Waals surface area (Å²) in [5.74, 6) is -0.215. The zero-order chi connectivity index (χ0) is 13.1. The number of hydrogen-bond donors (Lipinski definition) is 1. The van der Waals surface area contributed by atoms with Gasteiger partial charge in [-0.1, -0.05) is 12.1 Å². The Morgan fingerprint density at radius 2 is 2.11 bits per heavy atom. The number of halogens is 1. The largest absolute Gasteiger partial charge is 0.394 e. The van der Waals surface area contributed by atoms with E-state index in [0.717, 1.165) is 19.5 Å². The van der Waals surface area contributed by atoms with E-state index in [1.165, 1.54) is 6.07 Å². The van der Waals surface area contributed by atoms with Crippen molar-refractivity contribution in [1.29, 1.82) is 0 Å². The monoisotopic (exact) mass is 252 g/mol. The predicted octanol–water partition coefficient (Wildman–Crippen LogP) is 1.72. The van der Waals surface area contributed by atoms with E-state index in [1.54, 1.807) is 12.1 Å². The second-order valence-corrected chi connectivity index (χ2v) is 5.10. The third kappa shape index (κ3) is 2.65. The van der Waals surface area contributed by atoms with Gasteiger partial charge < -0.3 is 14.9 Å². The summed E-state index contributed by atoms with van der Waals surface area (Å²) in [7, 11) is 2.04. The summed E-state index contributed by atoms with van der Waals surface area (Å²) < 4.78 is 14.0. The molecule has 18 heavy (non-hydrogen) atoms. The summed E-state index contributed by atoms with van der Waals surface area (Å²) in [5, 5.41) is 9.58. The summed E-state index contributed by atoms with van der Waals surface area (Å²) in [6.07, 6.45) is 0.974. The Morgan fingerprint density at radius 3 is 2.78 bits per heavy atom. The van der Waals surface area contributed by atoms with E-state index < -0.39 is 0 Å². The lowest BCUT2D eigenvalue weighted by Gasteiger charge is -2.36. The minimum atomic E-state index is -0.215. The summed E-state index contributed by atoms with van der Waals surface area (Å²) in [4.78, 5) is 4.22. The van der Waals surface area contributed by atoms with Crippen molar-refractivity contribution in [3.8, 4) is 0 Å². The molecule has 3 nitrogen and oxygen atoms in total. The van der Waals surface area contributed by atoms with Gasteiger partial charge in [-0.25, -0.2) is 4.39 Å². The van der Waals surface area contributed by atoms with E-state index in [2.05, 4.69) is 11.8 Å². The Hall–Kier alpha value is -1.13. The van der Waals surface area contributed by atoms with Gasteiger partial charge in [-0.15, -0.1) is 0 Å². The van der Waals surface area contributed by atoms with E-state index in [4.69, 9.17) is 0 Å². The van der Waals surface area contributed by atoms with Crippen LogP contribution in [-0.2, 0) is 0 Å². The first-order chi connectivity index (χ1) is 8.63. The number of aliphatic hydroxyl groups excluding tert-OH is 1. The first-order valence-corrected chi connectivity index (χ1v) is 6.45. The first kappa shape index (κ1) is 13.3. The highest BCUT2D eigenvalue weighted by molar-refractivity contribution is 5.50. The van der Waals surface area contributed by atoms with Crippen LogP contribution in [0.3, 0.4) is 0 Å². The molecule has 1 saturated heterocycles. The molecular weight excluding hydrogens is 231 g/mol. The molecule has 2 rings (SSSR count). The molecule has 1 aliphatic rings. The van der Waals surface area contributed by atoms with Crippen molar-refractivity contribution in [1.82, 2.24) is 4.90 Å². The van der Waals surface area contributed by atoms with Crippen LogP contribution in [0.15, 0.2) is 24.3 Å². The number of hydrogen-bond acceptors (Lipinski definition) is 3. The van der Waals surface area contributed by atoms with Gasteiger partial charge in [0.05, 0.1) is 18.3 Å². The Morgan fingerprint density at radius 1 is 1.39 bits per heavy atom. The van der Waals surface area contributed by atoms with Crippen LogP contribution >= 0.6 is 0 Å². The number of aliphatic hydroxyl groups is 1. The molecule has 1 aliphatic heterocycles. The zero-order valence-electron chi connectivity index (χ0n) is 11.0. The van der Waals surface area contributed by atoms with E-state index in [9.17, 15) is 9.50 Å². The lowest BCUT2D eigenvalue weighted by molar-refractivity contribution is 0.227. The van der Waals surface area contributed by atoms with Crippen molar-refractivity contribution in [3.63, 3.8) is 0 Å². The maximum atomic E-state index is 14.0. The topological polar surface area (TPSA) is 26.7 Å². The van der Waals surface area contributed by atoms with E-state index in [0.29, 0.717) is 5.69 Å². The molecule has 1 aromatic rings. The summed E-state index contributed by atoms with van der Waals surface area (Å²) in [6.45, 7) is 3.87. The average molecular weight is 252 g/mol. The number of rotatable bonds is 2. The molecule has 1 N–H and O–H groups in total. The molecule has 1 heterocycles. The zero-order valence-corrected chi connectivity index (χ0v) is 11.0. The van der Waals surface area contributed by atoms with Crippen molar-refractivity contribution >= 4 is 5.69 Å². The smallest absolute Gasteiger partial charge is 0.146 e. The quantitative estimate of drug-likeness (QED) is 0.868. The van der Waals surface area contributed by atoms with Crippen molar-refractivity contribution < 1.29 is 9.50 Å². The first-order valence-electron chi connectivity index (χ1n) is 6.45. The second-order valence-electron chi connectivity index (χ2n) is 5.10. The molecule has 1 aromatic carbocycles. The second kappa shape index (κ2) is 5.67. The fraction of sp³-hybridized carbons (Fsp3) is 0.571. The molecule has 0 aliphatic carbocycles. The minimum Gasteiger partial charge on any atom is -0.394 e. The molecule has 100 valence electrons. The molecular formula is C14H21FN2O. The fourth-order valence-electron chi connectivity index (χ4n) is 2.69. The molecule has 0 aromatic heterocycles. The van der Waals surface area contributed by atoms with Gasteiger partial charge in [-0.05, 0) is 39.1 Å². The van der Waals surface area contributed by atoms with Crippen LogP contribution in [0.1, 0.15) is 13.3 Å². The molecule has 0 saturated carbocycles. The Kier molecular flexibility index (Phi) is 4.19. The van der Waals surface area contributed by atoms with Gasteiger partial charge in [0.25, 0.3) is 0 Å². The molecule has 0 bridgehead atoms. The van der Waals surface area contributed by atoms with Crippen LogP contribution in [0, 0.1) is 5.82 Å². The standard InChI is InChI=1S/C14H21FN2O/c1-11-7-8-16(2)9-12(10-18)17(11)14-6-4-3-5-13(14)15/h3-6,11-12,18H,7-10H2,1-2H3. The van der Waals surface area contributed by atoms with Gasteiger partial charge in [0.2, 0.25) is 0 Å². The van der Waals surface area contributed by atoms with Gasteiger partial charge in [0, 0.05) is 12.6 Å². The van der Waals surface area contributed by atoms with Gasteiger partial charge in [0.15, 0.2) is 0 Å². The van der Waals surface area contributed by atoms with Crippen molar-refractivity contribution in [2.75, 3.05) is 31.6 Å². The summed E-state index contributed by atoms with van der Waals surface area (Å²) in [5.41, 5.74) is 0.597. The highest BCUT2D eigenvalue weighted by atomic mass is 19.1. The molecule has 2 unspecified atom stereocenters.